The maximum Gasteiger partial charge on any atom is 0.306 e. The molecule has 0 bridgehead atoms. The Morgan fingerprint density at radius 1 is 1.29 bits per heavy atom. The quantitative estimate of drug-likeness (QED) is 0.338. The minimum Gasteiger partial charge on any atom is -0.474 e. The number of rotatable bonds is 7. The van der Waals surface area contributed by atoms with Gasteiger partial charge in [-0.3, -0.25) is 4.79 Å². The van der Waals surface area contributed by atoms with Crippen LogP contribution in [0.5, 0.6) is 5.88 Å². The van der Waals surface area contributed by atoms with E-state index in [1.807, 2.05) is 32.9 Å². The SMILES string of the molecule is CCOC(=O)CC1CCc2c1[nH]c1ccc(-c3noc(-c4cnc(OC(C)C)c(Cl)c4)n3)cc21. The lowest BCUT2D eigenvalue weighted by molar-refractivity contribution is -0.143. The molecule has 1 aliphatic rings. The Hall–Kier alpha value is -3.39. The third-order valence-corrected chi connectivity index (χ3v) is 6.17. The number of carbonyl (C=O) groups excluding carboxylic acids is 1. The molecule has 3 aromatic heterocycles. The summed E-state index contributed by atoms with van der Waals surface area (Å²) >= 11 is 6.31. The fourth-order valence-corrected chi connectivity index (χ4v) is 4.63. The molecule has 5 rings (SSSR count). The molecule has 0 amide bonds. The molecule has 4 aromatic rings. The van der Waals surface area contributed by atoms with Gasteiger partial charge in [-0.05, 0) is 63.4 Å². The van der Waals surface area contributed by atoms with Crippen LogP contribution in [0.15, 0.2) is 35.0 Å². The molecular weight excluding hydrogens is 456 g/mol. The van der Waals surface area contributed by atoms with Crippen molar-refractivity contribution in [2.24, 2.45) is 0 Å². The molecule has 9 heteroatoms. The molecule has 0 radical (unpaired) electrons. The van der Waals surface area contributed by atoms with Crippen molar-refractivity contribution in [1.29, 1.82) is 0 Å². The average Bonchev–Trinajstić information content (AvgIpc) is 3.51. The van der Waals surface area contributed by atoms with Gasteiger partial charge in [-0.15, -0.1) is 0 Å². The molecule has 176 valence electrons. The van der Waals surface area contributed by atoms with Crippen molar-refractivity contribution >= 4 is 28.5 Å². The molecule has 0 fully saturated rings. The summed E-state index contributed by atoms with van der Waals surface area (Å²) in [7, 11) is 0. The summed E-state index contributed by atoms with van der Waals surface area (Å²) in [6.07, 6.45) is 3.81. The number of ether oxygens (including phenoxy) is 2. The first-order valence-corrected chi connectivity index (χ1v) is 11.8. The van der Waals surface area contributed by atoms with E-state index < -0.39 is 0 Å². The van der Waals surface area contributed by atoms with Crippen molar-refractivity contribution in [3.8, 4) is 28.7 Å². The lowest BCUT2D eigenvalue weighted by atomic mass is 10.0. The average molecular weight is 481 g/mol. The normalized spacial score (nSPS) is 15.1. The second kappa shape index (κ2) is 9.10. The number of esters is 1. The molecule has 0 saturated carbocycles. The van der Waals surface area contributed by atoms with Gasteiger partial charge in [0.1, 0.15) is 5.02 Å². The summed E-state index contributed by atoms with van der Waals surface area (Å²) in [6.45, 7) is 6.05. The van der Waals surface area contributed by atoms with Gasteiger partial charge in [-0.1, -0.05) is 16.8 Å². The summed E-state index contributed by atoms with van der Waals surface area (Å²) in [6, 6.07) is 7.73. The molecule has 1 N–H and O–H groups in total. The van der Waals surface area contributed by atoms with Crippen molar-refractivity contribution in [2.45, 2.75) is 52.1 Å². The summed E-state index contributed by atoms with van der Waals surface area (Å²) in [4.78, 5) is 24.3. The van der Waals surface area contributed by atoms with E-state index in [9.17, 15) is 4.79 Å². The summed E-state index contributed by atoms with van der Waals surface area (Å²) in [5, 5.41) is 5.66. The Morgan fingerprint density at radius 2 is 2.15 bits per heavy atom. The minimum atomic E-state index is -0.155. The number of halogens is 1. The van der Waals surface area contributed by atoms with Gasteiger partial charge in [0.25, 0.3) is 5.89 Å². The number of H-pyrrole nitrogens is 1. The number of nitrogens with one attached hydrogen (secondary N) is 1. The van der Waals surface area contributed by atoms with Gasteiger partial charge in [0.15, 0.2) is 0 Å². The van der Waals surface area contributed by atoms with E-state index in [-0.39, 0.29) is 18.0 Å². The van der Waals surface area contributed by atoms with Crippen molar-refractivity contribution < 1.29 is 18.8 Å². The molecule has 34 heavy (non-hydrogen) atoms. The van der Waals surface area contributed by atoms with Gasteiger partial charge in [0, 0.05) is 34.3 Å². The molecule has 0 aliphatic heterocycles. The van der Waals surface area contributed by atoms with E-state index >= 15 is 0 Å². The highest BCUT2D eigenvalue weighted by molar-refractivity contribution is 6.32. The third-order valence-electron chi connectivity index (χ3n) is 5.89. The smallest absolute Gasteiger partial charge is 0.306 e. The molecule has 0 spiro atoms. The first kappa shape index (κ1) is 22.4. The Bertz CT molecular complexity index is 1360. The number of aryl methyl sites for hydroxylation is 1. The zero-order chi connectivity index (χ0) is 23.8. The number of aromatic nitrogens is 4. The number of aromatic amines is 1. The maximum absolute atomic E-state index is 12.0. The molecular formula is C25H25ClN4O4. The van der Waals surface area contributed by atoms with Crippen LogP contribution >= 0.6 is 11.6 Å². The summed E-state index contributed by atoms with van der Waals surface area (Å²) < 4.78 is 16.2. The van der Waals surface area contributed by atoms with E-state index in [0.717, 1.165) is 35.0 Å². The van der Waals surface area contributed by atoms with Crippen LogP contribution in [0, 0.1) is 0 Å². The highest BCUT2D eigenvalue weighted by atomic mass is 35.5. The Morgan fingerprint density at radius 3 is 2.91 bits per heavy atom. The van der Waals surface area contributed by atoms with Gasteiger partial charge < -0.3 is 19.0 Å². The topological polar surface area (TPSA) is 103 Å². The van der Waals surface area contributed by atoms with E-state index in [1.165, 1.54) is 5.56 Å². The number of benzene rings is 1. The lowest BCUT2D eigenvalue weighted by Gasteiger charge is -2.09. The van der Waals surface area contributed by atoms with E-state index in [1.54, 1.807) is 12.3 Å². The van der Waals surface area contributed by atoms with Crippen LogP contribution in [0.25, 0.3) is 33.7 Å². The predicted octanol–water partition coefficient (Wildman–Crippen LogP) is 5.70. The highest BCUT2D eigenvalue weighted by Crippen LogP contribution is 2.40. The molecule has 8 nitrogen and oxygen atoms in total. The highest BCUT2D eigenvalue weighted by Gasteiger charge is 2.29. The largest absolute Gasteiger partial charge is 0.474 e. The van der Waals surface area contributed by atoms with Crippen molar-refractivity contribution in [3.63, 3.8) is 0 Å². The number of hydrogen-bond acceptors (Lipinski definition) is 7. The number of pyridine rings is 1. The molecule has 0 saturated heterocycles. The molecule has 3 heterocycles. The van der Waals surface area contributed by atoms with Crippen LogP contribution < -0.4 is 4.74 Å². The van der Waals surface area contributed by atoms with Crippen molar-refractivity contribution in [3.05, 3.63) is 46.7 Å². The Balaban J connectivity index is 1.41. The summed E-state index contributed by atoms with van der Waals surface area (Å²) in [5.41, 5.74) is 4.86. The number of hydrogen-bond donors (Lipinski definition) is 1. The fraction of sp³-hybridized carbons (Fsp3) is 0.360. The Labute approximate surface area is 201 Å². The second-order valence-electron chi connectivity index (χ2n) is 8.62. The van der Waals surface area contributed by atoms with Crippen LogP contribution in [-0.4, -0.2) is 38.8 Å². The van der Waals surface area contributed by atoms with Gasteiger partial charge >= 0.3 is 5.97 Å². The third kappa shape index (κ3) is 4.25. The number of carbonyl (C=O) groups is 1. The van der Waals surface area contributed by atoms with Crippen LogP contribution in [-0.2, 0) is 16.0 Å². The van der Waals surface area contributed by atoms with Gasteiger partial charge in [0.2, 0.25) is 11.7 Å². The Kier molecular flexibility index (Phi) is 6.00. The van der Waals surface area contributed by atoms with Crippen LogP contribution in [0.3, 0.4) is 0 Å². The lowest BCUT2D eigenvalue weighted by Crippen LogP contribution is -2.08. The van der Waals surface area contributed by atoms with E-state index in [2.05, 4.69) is 26.2 Å². The minimum absolute atomic E-state index is 0.0314. The standard InChI is InChI=1S/C25H25ClN4O4/c1-4-32-21(31)11-14-5-7-17-18-9-15(6-8-20(18)28-22(14)17)23-29-24(34-30-23)16-10-19(26)25(27-12-16)33-13(2)3/h6,8-10,12-14,28H,4-5,7,11H2,1-3H3. The first-order valence-electron chi connectivity index (χ1n) is 11.4. The summed E-state index contributed by atoms with van der Waals surface area (Å²) in [5.74, 6) is 1.17. The van der Waals surface area contributed by atoms with Crippen LogP contribution in [0.4, 0.5) is 0 Å². The zero-order valence-electron chi connectivity index (χ0n) is 19.2. The maximum atomic E-state index is 12.0. The monoisotopic (exact) mass is 480 g/mol. The van der Waals surface area contributed by atoms with Crippen molar-refractivity contribution in [1.82, 2.24) is 20.1 Å². The molecule has 1 unspecified atom stereocenters. The first-order chi connectivity index (χ1) is 16.4. The van der Waals surface area contributed by atoms with E-state index in [0.29, 0.717) is 41.2 Å². The number of nitrogens with zero attached hydrogens (tertiary/aromatic N) is 3. The van der Waals surface area contributed by atoms with Crippen LogP contribution in [0.1, 0.15) is 50.8 Å². The van der Waals surface area contributed by atoms with Gasteiger partial charge in [-0.2, -0.15) is 4.98 Å². The predicted molar refractivity (Wildman–Crippen MR) is 128 cm³/mol. The second-order valence-corrected chi connectivity index (χ2v) is 9.03. The fourth-order valence-electron chi connectivity index (χ4n) is 4.42. The van der Waals surface area contributed by atoms with Crippen LogP contribution in [0.2, 0.25) is 5.02 Å². The van der Waals surface area contributed by atoms with Crippen molar-refractivity contribution in [2.75, 3.05) is 6.61 Å². The van der Waals surface area contributed by atoms with Gasteiger partial charge in [0.05, 0.1) is 24.7 Å². The van der Waals surface area contributed by atoms with Gasteiger partial charge in [-0.25, -0.2) is 4.98 Å². The molecule has 1 atom stereocenters. The molecule has 1 aliphatic carbocycles. The zero-order valence-corrected chi connectivity index (χ0v) is 20.0. The molecule has 1 aromatic carbocycles. The van der Waals surface area contributed by atoms with E-state index in [4.69, 9.17) is 25.6 Å². The number of fused-ring (bicyclic) bond motifs is 3.